The summed E-state index contributed by atoms with van der Waals surface area (Å²) in [6, 6.07) is 15.5. The smallest absolute Gasteiger partial charge is 0.255 e. The third kappa shape index (κ3) is 12.1. The Labute approximate surface area is 244 Å². The normalized spacial score (nSPS) is 10.7. The predicted octanol–water partition coefficient (Wildman–Crippen LogP) is 5.73. The van der Waals surface area contributed by atoms with Crippen LogP contribution in [-0.4, -0.2) is 12.5 Å². The highest BCUT2D eigenvalue weighted by Crippen LogP contribution is 2.19. The molecule has 0 aliphatic rings. The second kappa shape index (κ2) is 19.0. The van der Waals surface area contributed by atoms with Crippen LogP contribution in [0, 0.1) is 6.92 Å². The Bertz CT molecular complexity index is 1070. The number of nitrogens with one attached hydrogen (secondary N) is 1. The molecule has 6 heteroatoms. The van der Waals surface area contributed by atoms with E-state index in [1.807, 2.05) is 42.5 Å². The van der Waals surface area contributed by atoms with Gasteiger partial charge in [0.15, 0.2) is 12.7 Å². The summed E-state index contributed by atoms with van der Waals surface area (Å²) in [5.41, 5.74) is 2.53. The molecule has 0 saturated heterocycles. The predicted molar refractivity (Wildman–Crippen MR) is 156 cm³/mol. The molecule has 4 nitrogen and oxygen atoms in total. The summed E-state index contributed by atoms with van der Waals surface area (Å²) in [5.74, 6) is 0.700. The lowest BCUT2D eigenvalue weighted by molar-refractivity contribution is -0.689. The maximum atomic E-state index is 12.9. The Morgan fingerprint density at radius 3 is 2.18 bits per heavy atom. The number of aromatic nitrogens is 1. The van der Waals surface area contributed by atoms with Gasteiger partial charge in [-0.3, -0.25) is 4.79 Å². The van der Waals surface area contributed by atoms with Crippen molar-refractivity contribution in [2.75, 3.05) is 11.9 Å². The van der Waals surface area contributed by atoms with Crippen LogP contribution in [0.5, 0.6) is 5.75 Å². The number of unbranched alkanes of at least 4 members (excludes halogenated alkanes) is 11. The van der Waals surface area contributed by atoms with Gasteiger partial charge in [-0.2, -0.15) is 4.57 Å². The van der Waals surface area contributed by atoms with E-state index >= 15 is 0 Å². The maximum Gasteiger partial charge on any atom is 0.255 e. The second-order valence-electron chi connectivity index (χ2n) is 9.97. The van der Waals surface area contributed by atoms with Crippen LogP contribution in [0.1, 0.15) is 105 Å². The fourth-order valence-corrected chi connectivity index (χ4v) is 5.21. The number of nitrogens with zero attached hydrogens (tertiary/aromatic N) is 1. The number of aryl methyl sites for hydroxylation is 1. The number of carbonyl (C=O) groups excluding carboxylic acids is 1. The molecular formula is C32H45BrN2O2S. The van der Waals surface area contributed by atoms with Crippen molar-refractivity contribution in [1.29, 1.82) is 0 Å². The van der Waals surface area contributed by atoms with Gasteiger partial charge in [0.1, 0.15) is 5.75 Å². The monoisotopic (exact) mass is 600 g/mol. The topological polar surface area (TPSA) is 42.2 Å². The molecular weight excluding hydrogens is 556 g/mol. The lowest BCUT2D eigenvalue weighted by Gasteiger charge is -2.10. The van der Waals surface area contributed by atoms with Crippen molar-refractivity contribution in [1.82, 2.24) is 0 Å². The van der Waals surface area contributed by atoms with Crippen molar-refractivity contribution < 1.29 is 31.1 Å². The Kier molecular flexibility index (Phi) is 16.0. The minimum atomic E-state index is -0.105. The first-order chi connectivity index (χ1) is 18.2. The van der Waals surface area contributed by atoms with Gasteiger partial charge in [0.2, 0.25) is 5.01 Å². The Morgan fingerprint density at radius 1 is 0.868 bits per heavy atom. The molecule has 208 valence electrons. The highest BCUT2D eigenvalue weighted by molar-refractivity contribution is 7.09. The molecule has 2 aromatic carbocycles. The van der Waals surface area contributed by atoms with Crippen molar-refractivity contribution in [3.63, 3.8) is 0 Å². The summed E-state index contributed by atoms with van der Waals surface area (Å²) in [6.45, 7) is 5.86. The van der Waals surface area contributed by atoms with Crippen molar-refractivity contribution in [3.8, 4) is 5.75 Å². The zero-order chi connectivity index (χ0) is 26.1. The average Bonchev–Trinajstić information content (AvgIpc) is 3.31. The van der Waals surface area contributed by atoms with Crippen LogP contribution >= 0.6 is 11.3 Å². The lowest BCUT2D eigenvalue weighted by Crippen LogP contribution is -3.00. The Hall–Kier alpha value is -2.18. The largest absolute Gasteiger partial charge is 1.00 e. The van der Waals surface area contributed by atoms with Crippen LogP contribution in [0.4, 0.5) is 5.69 Å². The van der Waals surface area contributed by atoms with Gasteiger partial charge in [-0.25, -0.2) is 0 Å². The van der Waals surface area contributed by atoms with E-state index < -0.39 is 0 Å². The summed E-state index contributed by atoms with van der Waals surface area (Å²) in [6.07, 6.45) is 18.1. The van der Waals surface area contributed by atoms with E-state index in [0.717, 1.165) is 36.6 Å². The molecule has 0 atom stereocenters. The van der Waals surface area contributed by atoms with Crippen LogP contribution in [-0.2, 0) is 6.54 Å². The van der Waals surface area contributed by atoms with Crippen molar-refractivity contribution in [2.45, 2.75) is 97.4 Å². The molecule has 0 spiro atoms. The second-order valence-corrected chi connectivity index (χ2v) is 11.1. The molecule has 1 heterocycles. The standard InChI is InChI=1S/C32H44N2O2S.BrH/c1-3-4-5-6-7-8-9-10-11-12-13-14-22-36-31-20-16-19-30(25-31)33-32(35)29-18-15-17-28(24-29)26-34-21-23-37-27(34)2;/h15-21,23-25H,3-14,22,26H2,1-2H3;1H. The zero-order valence-corrected chi connectivity index (χ0v) is 25.6. The molecule has 0 bridgehead atoms. The van der Waals surface area contributed by atoms with E-state index in [-0.39, 0.29) is 22.9 Å². The molecule has 3 aromatic rings. The maximum absolute atomic E-state index is 12.9. The van der Waals surface area contributed by atoms with E-state index in [9.17, 15) is 4.79 Å². The summed E-state index contributed by atoms with van der Waals surface area (Å²) in [4.78, 5) is 12.9. The molecule has 3 rings (SSSR count). The molecule has 0 aliphatic heterocycles. The number of ether oxygens (including phenoxy) is 1. The van der Waals surface area contributed by atoms with E-state index in [1.54, 1.807) is 11.3 Å². The summed E-state index contributed by atoms with van der Waals surface area (Å²) < 4.78 is 8.16. The molecule has 1 amide bonds. The molecule has 0 radical (unpaired) electrons. The van der Waals surface area contributed by atoms with Crippen molar-refractivity contribution in [3.05, 3.63) is 76.2 Å². The number of rotatable bonds is 18. The number of benzene rings is 2. The van der Waals surface area contributed by atoms with Gasteiger partial charge in [0.25, 0.3) is 5.91 Å². The van der Waals surface area contributed by atoms with Gasteiger partial charge in [-0.15, -0.1) is 0 Å². The molecule has 38 heavy (non-hydrogen) atoms. The van der Waals surface area contributed by atoms with Crippen molar-refractivity contribution >= 4 is 22.9 Å². The Balaban J connectivity index is 0.00000507. The third-order valence-corrected chi connectivity index (χ3v) is 7.62. The first-order valence-electron chi connectivity index (χ1n) is 14.2. The van der Waals surface area contributed by atoms with E-state index in [4.69, 9.17) is 4.74 Å². The molecule has 0 aliphatic carbocycles. The third-order valence-electron chi connectivity index (χ3n) is 6.78. The first-order valence-corrected chi connectivity index (χ1v) is 15.1. The number of anilines is 1. The van der Waals surface area contributed by atoms with Gasteiger partial charge < -0.3 is 27.0 Å². The molecule has 1 N–H and O–H groups in total. The van der Waals surface area contributed by atoms with Gasteiger partial charge in [-0.1, -0.05) is 107 Å². The van der Waals surface area contributed by atoms with E-state index in [2.05, 4.69) is 41.4 Å². The zero-order valence-electron chi connectivity index (χ0n) is 23.2. The van der Waals surface area contributed by atoms with E-state index in [1.165, 1.54) is 75.6 Å². The average molecular weight is 602 g/mol. The van der Waals surface area contributed by atoms with Crippen LogP contribution in [0.3, 0.4) is 0 Å². The molecule has 0 fully saturated rings. The Morgan fingerprint density at radius 2 is 1.53 bits per heavy atom. The minimum absolute atomic E-state index is 0. The van der Waals surface area contributed by atoms with Crippen LogP contribution in [0.2, 0.25) is 0 Å². The molecule has 0 saturated carbocycles. The molecule has 1 aromatic heterocycles. The fourth-order valence-electron chi connectivity index (χ4n) is 4.55. The SMILES string of the molecule is CCCCCCCCCCCCCCOc1cccc(NC(=O)c2cccc(C[n+]3ccsc3C)c2)c1.[Br-]. The number of hydrogen-bond donors (Lipinski definition) is 1. The fraction of sp³-hybridized carbons (Fsp3) is 0.500. The molecule has 0 unspecified atom stereocenters. The number of hydrogen-bond acceptors (Lipinski definition) is 3. The van der Waals surface area contributed by atoms with Crippen molar-refractivity contribution in [2.24, 2.45) is 0 Å². The number of amides is 1. The lowest BCUT2D eigenvalue weighted by atomic mass is 10.1. The summed E-state index contributed by atoms with van der Waals surface area (Å²) >= 11 is 1.72. The highest BCUT2D eigenvalue weighted by atomic mass is 79.9. The van der Waals surface area contributed by atoms with Crippen LogP contribution in [0.15, 0.2) is 60.1 Å². The highest BCUT2D eigenvalue weighted by Gasteiger charge is 2.12. The van der Waals surface area contributed by atoms with Gasteiger partial charge >= 0.3 is 0 Å². The number of thiazole rings is 1. The minimum Gasteiger partial charge on any atom is -1.00 e. The quantitative estimate of drug-likeness (QED) is 0.150. The van der Waals surface area contributed by atoms with Gasteiger partial charge in [-0.05, 0) is 30.7 Å². The summed E-state index contributed by atoms with van der Waals surface area (Å²) in [7, 11) is 0. The first kappa shape index (κ1) is 32.0. The van der Waals surface area contributed by atoms with Gasteiger partial charge in [0.05, 0.1) is 12.0 Å². The van der Waals surface area contributed by atoms with E-state index in [0.29, 0.717) is 5.56 Å². The van der Waals surface area contributed by atoms with Gasteiger partial charge in [0, 0.05) is 29.8 Å². The number of carbonyl (C=O) groups is 1. The summed E-state index contributed by atoms with van der Waals surface area (Å²) in [5, 5.41) is 6.35. The van der Waals surface area contributed by atoms with Crippen LogP contribution in [0.25, 0.3) is 0 Å². The number of halogens is 1. The van der Waals surface area contributed by atoms with Crippen LogP contribution < -0.4 is 31.6 Å².